The SMILES string of the molecule is C#Cc1ccc(C(C)(C)CCc2ccc3ccccc3c2Br)cc1. The second-order valence-corrected chi connectivity index (χ2v) is 7.66. The number of hydrogen-bond donors (Lipinski definition) is 0. The average molecular weight is 377 g/mol. The molecule has 0 aromatic heterocycles. The standard InChI is InChI=1S/C23H21Br/c1-4-17-9-13-20(14-10-17)23(2,3)16-15-19-12-11-18-7-5-6-8-21(18)22(19)24/h1,5-14H,15-16H2,2-3H3. The zero-order valence-electron chi connectivity index (χ0n) is 14.1. The van der Waals surface area contributed by atoms with Gasteiger partial charge in [0.25, 0.3) is 0 Å². The molecule has 0 aliphatic heterocycles. The Labute approximate surface area is 153 Å². The molecule has 0 unspecified atom stereocenters. The number of halogens is 1. The molecule has 3 aromatic carbocycles. The highest BCUT2D eigenvalue weighted by Crippen LogP contribution is 2.33. The van der Waals surface area contributed by atoms with Crippen LogP contribution in [0.5, 0.6) is 0 Å². The fraction of sp³-hybridized carbons (Fsp3) is 0.217. The van der Waals surface area contributed by atoms with Crippen molar-refractivity contribution < 1.29 is 0 Å². The van der Waals surface area contributed by atoms with Gasteiger partial charge in [-0.25, -0.2) is 0 Å². The molecule has 0 N–H and O–H groups in total. The van der Waals surface area contributed by atoms with Gasteiger partial charge in [-0.3, -0.25) is 0 Å². The van der Waals surface area contributed by atoms with Crippen molar-refractivity contribution in [1.82, 2.24) is 0 Å². The van der Waals surface area contributed by atoms with Crippen molar-refractivity contribution >= 4 is 26.7 Å². The van der Waals surface area contributed by atoms with Crippen molar-refractivity contribution in [3.8, 4) is 12.3 Å². The number of hydrogen-bond acceptors (Lipinski definition) is 0. The first-order valence-corrected chi connectivity index (χ1v) is 9.04. The highest BCUT2D eigenvalue weighted by Gasteiger charge is 2.21. The Balaban J connectivity index is 1.81. The van der Waals surface area contributed by atoms with Crippen molar-refractivity contribution in [3.63, 3.8) is 0 Å². The first-order valence-electron chi connectivity index (χ1n) is 8.24. The predicted molar refractivity (Wildman–Crippen MR) is 107 cm³/mol. The monoisotopic (exact) mass is 376 g/mol. The van der Waals surface area contributed by atoms with Gasteiger partial charge in [0.1, 0.15) is 0 Å². The summed E-state index contributed by atoms with van der Waals surface area (Å²) in [5.74, 6) is 2.68. The lowest BCUT2D eigenvalue weighted by Gasteiger charge is -2.26. The molecule has 0 amide bonds. The summed E-state index contributed by atoms with van der Waals surface area (Å²) in [5.41, 5.74) is 3.74. The lowest BCUT2D eigenvalue weighted by Crippen LogP contribution is -2.18. The van der Waals surface area contributed by atoms with E-state index in [1.165, 1.54) is 26.4 Å². The number of terminal acetylenes is 1. The summed E-state index contributed by atoms with van der Waals surface area (Å²) < 4.78 is 1.22. The lowest BCUT2D eigenvalue weighted by atomic mass is 9.79. The highest BCUT2D eigenvalue weighted by atomic mass is 79.9. The third kappa shape index (κ3) is 3.40. The quantitative estimate of drug-likeness (QED) is 0.456. The molecular weight excluding hydrogens is 356 g/mol. The molecule has 0 saturated carbocycles. The summed E-state index contributed by atoms with van der Waals surface area (Å²) in [4.78, 5) is 0. The fourth-order valence-electron chi connectivity index (χ4n) is 3.08. The lowest BCUT2D eigenvalue weighted by molar-refractivity contribution is 0.480. The maximum atomic E-state index is 5.45. The molecule has 0 bridgehead atoms. The van der Waals surface area contributed by atoms with E-state index < -0.39 is 0 Å². The number of benzene rings is 3. The molecule has 0 fully saturated rings. The topological polar surface area (TPSA) is 0 Å². The largest absolute Gasteiger partial charge is 0.115 e. The van der Waals surface area contributed by atoms with E-state index in [1.54, 1.807) is 0 Å². The molecular formula is C23H21Br. The average Bonchev–Trinajstić information content (AvgIpc) is 2.61. The Morgan fingerprint density at radius 2 is 1.67 bits per heavy atom. The molecule has 0 aliphatic rings. The smallest absolute Gasteiger partial charge is 0.0285 e. The molecule has 24 heavy (non-hydrogen) atoms. The van der Waals surface area contributed by atoms with Crippen LogP contribution in [0.3, 0.4) is 0 Å². The zero-order chi connectivity index (χ0) is 17.2. The van der Waals surface area contributed by atoms with E-state index in [2.05, 4.69) is 84.2 Å². The van der Waals surface area contributed by atoms with Crippen LogP contribution in [-0.2, 0) is 11.8 Å². The first-order chi connectivity index (χ1) is 11.5. The summed E-state index contributed by atoms with van der Waals surface area (Å²) >= 11 is 3.80. The van der Waals surface area contributed by atoms with E-state index in [1.807, 2.05) is 12.1 Å². The van der Waals surface area contributed by atoms with Gasteiger partial charge in [0.05, 0.1) is 0 Å². The molecule has 0 atom stereocenters. The third-order valence-corrected chi connectivity index (χ3v) is 5.73. The van der Waals surface area contributed by atoms with Gasteiger partial charge in [-0.1, -0.05) is 68.3 Å². The third-order valence-electron chi connectivity index (χ3n) is 4.80. The molecule has 0 radical (unpaired) electrons. The highest BCUT2D eigenvalue weighted by molar-refractivity contribution is 9.10. The molecule has 0 saturated heterocycles. The maximum absolute atomic E-state index is 5.45. The van der Waals surface area contributed by atoms with E-state index in [4.69, 9.17) is 6.42 Å². The van der Waals surface area contributed by atoms with Crippen molar-refractivity contribution in [2.75, 3.05) is 0 Å². The van der Waals surface area contributed by atoms with Crippen LogP contribution in [0, 0.1) is 12.3 Å². The van der Waals surface area contributed by atoms with Gasteiger partial charge in [0, 0.05) is 10.0 Å². The van der Waals surface area contributed by atoms with Crippen LogP contribution in [0.1, 0.15) is 37.0 Å². The second kappa shape index (κ2) is 6.83. The van der Waals surface area contributed by atoms with Crippen LogP contribution >= 0.6 is 15.9 Å². The summed E-state index contributed by atoms with van der Waals surface area (Å²) in [5, 5.41) is 2.56. The van der Waals surface area contributed by atoms with Crippen molar-refractivity contribution in [2.45, 2.75) is 32.1 Å². The molecule has 1 heteroatoms. The Morgan fingerprint density at radius 3 is 2.38 bits per heavy atom. The Bertz CT molecular complexity index is 895. The van der Waals surface area contributed by atoms with Gasteiger partial charge in [0.15, 0.2) is 0 Å². The van der Waals surface area contributed by atoms with Gasteiger partial charge in [-0.05, 0) is 68.2 Å². The van der Waals surface area contributed by atoms with Gasteiger partial charge in [-0.15, -0.1) is 6.42 Å². The van der Waals surface area contributed by atoms with Crippen molar-refractivity contribution in [3.05, 3.63) is 81.8 Å². The molecule has 0 heterocycles. The van der Waals surface area contributed by atoms with Gasteiger partial charge in [-0.2, -0.15) is 0 Å². The molecule has 0 nitrogen and oxygen atoms in total. The van der Waals surface area contributed by atoms with Crippen LogP contribution in [0.15, 0.2) is 65.1 Å². The van der Waals surface area contributed by atoms with Crippen LogP contribution in [0.4, 0.5) is 0 Å². The molecule has 0 spiro atoms. The van der Waals surface area contributed by atoms with Crippen LogP contribution in [0.2, 0.25) is 0 Å². The Morgan fingerprint density at radius 1 is 0.958 bits per heavy atom. The number of fused-ring (bicyclic) bond motifs is 1. The van der Waals surface area contributed by atoms with E-state index >= 15 is 0 Å². The molecule has 120 valence electrons. The minimum absolute atomic E-state index is 0.109. The number of aryl methyl sites for hydroxylation is 1. The second-order valence-electron chi connectivity index (χ2n) is 6.87. The molecule has 3 rings (SSSR count). The minimum atomic E-state index is 0.109. The van der Waals surface area contributed by atoms with Gasteiger partial charge < -0.3 is 0 Å². The summed E-state index contributed by atoms with van der Waals surface area (Å²) in [6.07, 6.45) is 7.57. The van der Waals surface area contributed by atoms with E-state index in [9.17, 15) is 0 Å². The van der Waals surface area contributed by atoms with E-state index in [-0.39, 0.29) is 5.41 Å². The number of rotatable bonds is 4. The van der Waals surface area contributed by atoms with Crippen molar-refractivity contribution in [1.29, 1.82) is 0 Å². The van der Waals surface area contributed by atoms with Crippen LogP contribution in [-0.4, -0.2) is 0 Å². The van der Waals surface area contributed by atoms with Crippen molar-refractivity contribution in [2.24, 2.45) is 0 Å². The van der Waals surface area contributed by atoms with Crippen LogP contribution < -0.4 is 0 Å². The summed E-state index contributed by atoms with van der Waals surface area (Å²) in [6, 6.07) is 21.3. The first kappa shape index (κ1) is 16.8. The molecule has 0 aliphatic carbocycles. The van der Waals surface area contributed by atoms with E-state index in [0.29, 0.717) is 0 Å². The summed E-state index contributed by atoms with van der Waals surface area (Å²) in [6.45, 7) is 4.60. The normalized spacial score (nSPS) is 11.4. The Hall–Kier alpha value is -2.04. The van der Waals surface area contributed by atoms with Gasteiger partial charge >= 0.3 is 0 Å². The van der Waals surface area contributed by atoms with E-state index in [0.717, 1.165) is 18.4 Å². The van der Waals surface area contributed by atoms with Crippen LogP contribution in [0.25, 0.3) is 10.8 Å². The predicted octanol–water partition coefficient (Wildman–Crippen LogP) is 6.49. The zero-order valence-corrected chi connectivity index (χ0v) is 15.7. The molecule has 3 aromatic rings. The fourth-order valence-corrected chi connectivity index (χ4v) is 3.77. The Kier molecular flexibility index (Phi) is 4.78. The summed E-state index contributed by atoms with van der Waals surface area (Å²) in [7, 11) is 0. The maximum Gasteiger partial charge on any atom is 0.0285 e. The minimum Gasteiger partial charge on any atom is -0.115 e. The van der Waals surface area contributed by atoms with Gasteiger partial charge in [0.2, 0.25) is 0 Å².